The molecule has 1 fully saturated rings. The molecule has 1 amide bonds. The van der Waals surface area contributed by atoms with E-state index in [0.29, 0.717) is 21.8 Å². The molecule has 0 spiro atoms. The Balaban J connectivity index is 2.31. The molecule has 104 valence electrons. The number of amides is 1. The van der Waals surface area contributed by atoms with Gasteiger partial charge in [0.2, 0.25) is 0 Å². The molecular weight excluding hydrogens is 331 g/mol. The first-order chi connectivity index (χ1) is 8.91. The molecule has 0 aliphatic carbocycles. The van der Waals surface area contributed by atoms with Crippen LogP contribution in [-0.2, 0) is 0 Å². The summed E-state index contributed by atoms with van der Waals surface area (Å²) in [5, 5.41) is 0.397. The Bertz CT molecular complexity index is 512. The van der Waals surface area contributed by atoms with E-state index >= 15 is 0 Å². The minimum atomic E-state index is -0.515. The first-order valence-electron chi connectivity index (χ1n) is 6.09. The summed E-state index contributed by atoms with van der Waals surface area (Å²) in [6, 6.07) is 2.81. The first kappa shape index (κ1) is 14.7. The molecule has 1 saturated heterocycles. The van der Waals surface area contributed by atoms with Gasteiger partial charge in [0.15, 0.2) is 0 Å². The standard InChI is InChI=1S/C13H16BrFN2OS/c1-7-8(2)19-4-3-17(7)13(18)9-5-12(16)11(15)6-10(9)14/h5-8H,3-4,16H2,1-2H3. The van der Waals surface area contributed by atoms with Crippen LogP contribution in [0.1, 0.15) is 24.2 Å². The van der Waals surface area contributed by atoms with Gasteiger partial charge in [-0.15, -0.1) is 0 Å². The van der Waals surface area contributed by atoms with E-state index in [0.717, 1.165) is 5.75 Å². The van der Waals surface area contributed by atoms with Crippen LogP contribution in [0, 0.1) is 5.82 Å². The van der Waals surface area contributed by atoms with Crippen molar-refractivity contribution in [2.24, 2.45) is 0 Å². The normalized spacial score (nSPS) is 23.5. The van der Waals surface area contributed by atoms with Crippen molar-refractivity contribution < 1.29 is 9.18 Å². The largest absolute Gasteiger partial charge is 0.396 e. The second-order valence-corrected chi connectivity index (χ2v) is 7.01. The number of nitrogens with zero attached hydrogens (tertiary/aromatic N) is 1. The van der Waals surface area contributed by atoms with Gasteiger partial charge in [0.1, 0.15) is 5.82 Å². The maximum absolute atomic E-state index is 13.3. The SMILES string of the molecule is CC1SCCN(C(=O)c2cc(N)c(F)cc2Br)C1C. The summed E-state index contributed by atoms with van der Waals surface area (Å²) in [6.07, 6.45) is 0. The highest BCUT2D eigenvalue weighted by atomic mass is 79.9. The van der Waals surface area contributed by atoms with Crippen LogP contribution in [0.2, 0.25) is 0 Å². The minimum absolute atomic E-state index is 0.00126. The quantitative estimate of drug-likeness (QED) is 0.794. The van der Waals surface area contributed by atoms with Gasteiger partial charge < -0.3 is 10.6 Å². The van der Waals surface area contributed by atoms with Gasteiger partial charge in [-0.2, -0.15) is 11.8 Å². The maximum atomic E-state index is 13.3. The number of nitrogens with two attached hydrogens (primary N) is 1. The summed E-state index contributed by atoms with van der Waals surface area (Å²) in [5.41, 5.74) is 5.97. The number of carbonyl (C=O) groups excluding carboxylic acids is 1. The van der Waals surface area contributed by atoms with Gasteiger partial charge in [-0.3, -0.25) is 4.79 Å². The predicted octanol–water partition coefficient (Wildman–Crippen LogP) is 3.14. The van der Waals surface area contributed by atoms with E-state index in [1.807, 2.05) is 23.6 Å². The van der Waals surface area contributed by atoms with Gasteiger partial charge in [0, 0.05) is 28.1 Å². The maximum Gasteiger partial charge on any atom is 0.255 e. The summed E-state index contributed by atoms with van der Waals surface area (Å²) in [7, 11) is 0. The Kier molecular flexibility index (Phi) is 4.40. The Hall–Kier alpha value is -0.750. The van der Waals surface area contributed by atoms with Crippen molar-refractivity contribution in [2.45, 2.75) is 25.1 Å². The van der Waals surface area contributed by atoms with Crippen molar-refractivity contribution in [1.82, 2.24) is 4.90 Å². The number of thioether (sulfide) groups is 1. The summed E-state index contributed by atoms with van der Waals surface area (Å²) in [6.45, 7) is 4.86. The Labute approximate surface area is 124 Å². The van der Waals surface area contributed by atoms with Gasteiger partial charge in [-0.25, -0.2) is 4.39 Å². The van der Waals surface area contributed by atoms with Crippen LogP contribution in [-0.4, -0.2) is 34.4 Å². The first-order valence-corrected chi connectivity index (χ1v) is 7.93. The van der Waals surface area contributed by atoms with Crippen molar-refractivity contribution in [3.63, 3.8) is 0 Å². The lowest BCUT2D eigenvalue weighted by molar-refractivity contribution is 0.0697. The molecule has 2 N–H and O–H groups in total. The molecule has 1 aliphatic rings. The number of anilines is 1. The fraction of sp³-hybridized carbons (Fsp3) is 0.462. The van der Waals surface area contributed by atoms with Crippen molar-refractivity contribution >= 4 is 39.3 Å². The van der Waals surface area contributed by atoms with Gasteiger partial charge in [-0.05, 0) is 35.0 Å². The van der Waals surface area contributed by atoms with E-state index in [4.69, 9.17) is 5.73 Å². The van der Waals surface area contributed by atoms with E-state index in [1.165, 1.54) is 12.1 Å². The lowest BCUT2D eigenvalue weighted by atomic mass is 10.1. The molecule has 2 atom stereocenters. The second kappa shape index (κ2) is 5.71. The van der Waals surface area contributed by atoms with Crippen molar-refractivity contribution in [3.8, 4) is 0 Å². The van der Waals surface area contributed by atoms with Gasteiger partial charge in [0.05, 0.1) is 11.3 Å². The van der Waals surface area contributed by atoms with E-state index < -0.39 is 5.82 Å². The third-order valence-corrected chi connectivity index (χ3v) is 5.46. The molecule has 0 aromatic heterocycles. The third kappa shape index (κ3) is 2.89. The highest BCUT2D eigenvalue weighted by molar-refractivity contribution is 9.10. The van der Waals surface area contributed by atoms with Crippen LogP contribution < -0.4 is 5.73 Å². The minimum Gasteiger partial charge on any atom is -0.396 e. The number of carbonyl (C=O) groups is 1. The fourth-order valence-electron chi connectivity index (χ4n) is 2.10. The van der Waals surface area contributed by atoms with Crippen LogP contribution in [0.4, 0.5) is 10.1 Å². The van der Waals surface area contributed by atoms with Crippen LogP contribution in [0.3, 0.4) is 0 Å². The molecule has 3 nitrogen and oxygen atoms in total. The summed E-state index contributed by atoms with van der Waals surface area (Å²) in [5.74, 6) is 0.309. The lowest BCUT2D eigenvalue weighted by Crippen LogP contribution is -2.48. The molecule has 19 heavy (non-hydrogen) atoms. The average Bonchev–Trinajstić information content (AvgIpc) is 2.36. The van der Waals surface area contributed by atoms with Crippen LogP contribution in [0.5, 0.6) is 0 Å². The van der Waals surface area contributed by atoms with Crippen LogP contribution >= 0.6 is 27.7 Å². The topological polar surface area (TPSA) is 46.3 Å². The second-order valence-electron chi connectivity index (χ2n) is 4.67. The number of benzene rings is 1. The smallest absolute Gasteiger partial charge is 0.255 e. The van der Waals surface area contributed by atoms with Gasteiger partial charge in [0.25, 0.3) is 5.91 Å². The molecule has 0 radical (unpaired) electrons. The molecule has 1 aliphatic heterocycles. The van der Waals surface area contributed by atoms with E-state index in [9.17, 15) is 9.18 Å². The third-order valence-electron chi connectivity index (χ3n) is 3.46. The number of halogens is 2. The fourth-order valence-corrected chi connectivity index (χ4v) is 3.69. The lowest BCUT2D eigenvalue weighted by Gasteiger charge is -2.37. The van der Waals surface area contributed by atoms with Crippen molar-refractivity contribution in [1.29, 1.82) is 0 Å². The Morgan fingerprint density at radius 3 is 2.89 bits per heavy atom. The summed E-state index contributed by atoms with van der Waals surface area (Å²) < 4.78 is 13.8. The molecule has 6 heteroatoms. The average molecular weight is 347 g/mol. The zero-order chi connectivity index (χ0) is 14.2. The molecular formula is C13H16BrFN2OS. The number of nitrogen functional groups attached to an aromatic ring is 1. The zero-order valence-electron chi connectivity index (χ0n) is 10.8. The van der Waals surface area contributed by atoms with E-state index in [2.05, 4.69) is 22.9 Å². The molecule has 0 saturated carbocycles. The molecule has 0 bridgehead atoms. The predicted molar refractivity (Wildman–Crippen MR) is 80.9 cm³/mol. The van der Waals surface area contributed by atoms with Gasteiger partial charge >= 0.3 is 0 Å². The number of hydrogen-bond donors (Lipinski definition) is 1. The van der Waals surface area contributed by atoms with Gasteiger partial charge in [-0.1, -0.05) is 6.92 Å². The summed E-state index contributed by atoms with van der Waals surface area (Å²) >= 11 is 5.10. The molecule has 2 rings (SSSR count). The number of rotatable bonds is 1. The van der Waals surface area contributed by atoms with E-state index in [1.54, 1.807) is 0 Å². The Morgan fingerprint density at radius 1 is 1.53 bits per heavy atom. The molecule has 1 heterocycles. The van der Waals surface area contributed by atoms with Crippen molar-refractivity contribution in [2.75, 3.05) is 18.0 Å². The molecule has 1 aromatic rings. The molecule has 2 unspecified atom stereocenters. The zero-order valence-corrected chi connectivity index (χ0v) is 13.2. The molecule has 1 aromatic carbocycles. The van der Waals surface area contributed by atoms with Crippen LogP contribution in [0.15, 0.2) is 16.6 Å². The monoisotopic (exact) mass is 346 g/mol. The highest BCUT2D eigenvalue weighted by Crippen LogP contribution is 2.29. The van der Waals surface area contributed by atoms with Crippen LogP contribution in [0.25, 0.3) is 0 Å². The van der Waals surface area contributed by atoms with E-state index in [-0.39, 0.29) is 17.6 Å². The highest BCUT2D eigenvalue weighted by Gasteiger charge is 2.30. The Morgan fingerprint density at radius 2 is 2.21 bits per heavy atom. The number of hydrogen-bond acceptors (Lipinski definition) is 3. The summed E-state index contributed by atoms with van der Waals surface area (Å²) in [4.78, 5) is 14.4. The van der Waals surface area contributed by atoms with Crippen molar-refractivity contribution in [3.05, 3.63) is 28.0 Å².